The van der Waals surface area contributed by atoms with Crippen LogP contribution in [-0.2, 0) is 6.42 Å². The Labute approximate surface area is 134 Å². The zero-order chi connectivity index (χ0) is 15.5. The number of aromatic nitrogens is 3. The maximum absolute atomic E-state index is 4.54. The first-order chi connectivity index (χ1) is 11.4. The Bertz CT molecular complexity index is 845. The molecule has 1 atom stereocenters. The van der Waals surface area contributed by atoms with Crippen LogP contribution in [0.3, 0.4) is 0 Å². The molecule has 1 aliphatic heterocycles. The van der Waals surface area contributed by atoms with Crippen LogP contribution in [0, 0.1) is 0 Å². The maximum Gasteiger partial charge on any atom is 0.147 e. The zero-order valence-corrected chi connectivity index (χ0v) is 12.4. The quantitative estimate of drug-likeness (QED) is 0.806. The molecule has 0 radical (unpaired) electrons. The summed E-state index contributed by atoms with van der Waals surface area (Å²) in [6.45, 7) is 0. The van der Waals surface area contributed by atoms with Gasteiger partial charge in [0.2, 0.25) is 0 Å². The predicted octanol–water partition coefficient (Wildman–Crippen LogP) is 3.28. The van der Waals surface area contributed by atoms with E-state index in [0.29, 0.717) is 0 Å². The van der Waals surface area contributed by atoms with E-state index in [9.17, 15) is 0 Å². The van der Waals surface area contributed by atoms with Gasteiger partial charge in [0.25, 0.3) is 0 Å². The molecule has 5 nitrogen and oxygen atoms in total. The monoisotopic (exact) mass is 301 g/mol. The zero-order valence-electron chi connectivity index (χ0n) is 12.4. The summed E-state index contributed by atoms with van der Waals surface area (Å²) in [5, 5.41) is 3.38. The first-order valence-corrected chi connectivity index (χ1v) is 7.47. The summed E-state index contributed by atoms with van der Waals surface area (Å²) < 4.78 is 0. The standard InChI is InChI=1S/C18H15N5/c1-2-15(11-19-6-1)14-5-8-21-17(10-14)23-18-16-12-20-7-3-13(16)4-9-22-18/h1-3,5-12,18H,4H2,(H,21,23). The fraction of sp³-hybridized carbons (Fsp3) is 0.111. The molecule has 0 aliphatic carbocycles. The third-order valence-corrected chi connectivity index (χ3v) is 3.85. The first-order valence-electron chi connectivity index (χ1n) is 7.47. The van der Waals surface area contributed by atoms with Crippen molar-refractivity contribution in [1.29, 1.82) is 0 Å². The Kier molecular flexibility index (Phi) is 3.52. The van der Waals surface area contributed by atoms with Crippen LogP contribution in [0.2, 0.25) is 0 Å². The number of nitrogens with zero attached hydrogens (tertiary/aromatic N) is 4. The highest BCUT2D eigenvalue weighted by atomic mass is 15.1. The molecule has 0 spiro atoms. The van der Waals surface area contributed by atoms with Crippen LogP contribution in [0.4, 0.5) is 5.82 Å². The van der Waals surface area contributed by atoms with Gasteiger partial charge in [-0.05, 0) is 35.4 Å². The van der Waals surface area contributed by atoms with Crippen LogP contribution in [0.5, 0.6) is 0 Å². The lowest BCUT2D eigenvalue weighted by Crippen LogP contribution is -2.16. The molecule has 23 heavy (non-hydrogen) atoms. The molecule has 1 aliphatic rings. The minimum Gasteiger partial charge on any atom is -0.345 e. The molecule has 0 bridgehead atoms. The van der Waals surface area contributed by atoms with Crippen molar-refractivity contribution in [2.75, 3.05) is 5.32 Å². The molecule has 0 fully saturated rings. The van der Waals surface area contributed by atoms with E-state index in [4.69, 9.17) is 0 Å². The summed E-state index contributed by atoms with van der Waals surface area (Å²) in [6.07, 6.45) is 11.7. The molecule has 1 N–H and O–H groups in total. The van der Waals surface area contributed by atoms with Crippen LogP contribution in [0.25, 0.3) is 11.1 Å². The smallest absolute Gasteiger partial charge is 0.147 e. The van der Waals surface area contributed by atoms with Crippen LogP contribution in [0.15, 0.2) is 66.3 Å². The van der Waals surface area contributed by atoms with Crippen molar-refractivity contribution in [2.24, 2.45) is 4.99 Å². The summed E-state index contributed by atoms with van der Waals surface area (Å²) in [5.74, 6) is 0.783. The molecular weight excluding hydrogens is 286 g/mol. The van der Waals surface area contributed by atoms with Gasteiger partial charge < -0.3 is 5.32 Å². The molecule has 0 saturated carbocycles. The van der Waals surface area contributed by atoms with Gasteiger partial charge in [0.15, 0.2) is 0 Å². The van der Waals surface area contributed by atoms with Crippen molar-refractivity contribution >= 4 is 12.0 Å². The number of nitrogens with one attached hydrogen (secondary N) is 1. The molecular formula is C18H15N5. The third-order valence-electron chi connectivity index (χ3n) is 3.85. The van der Waals surface area contributed by atoms with Crippen molar-refractivity contribution in [3.05, 3.63) is 72.4 Å². The molecule has 4 rings (SSSR count). The SMILES string of the molecule is C1=NC(Nc2cc(-c3cccnc3)ccn2)c2cnccc2C1. The fourth-order valence-electron chi connectivity index (χ4n) is 2.68. The van der Waals surface area contributed by atoms with Crippen molar-refractivity contribution in [3.8, 4) is 11.1 Å². The van der Waals surface area contributed by atoms with E-state index >= 15 is 0 Å². The highest BCUT2D eigenvalue weighted by molar-refractivity contribution is 5.68. The van der Waals surface area contributed by atoms with Crippen molar-refractivity contribution < 1.29 is 0 Å². The van der Waals surface area contributed by atoms with Gasteiger partial charge in [-0.15, -0.1) is 0 Å². The van der Waals surface area contributed by atoms with E-state index in [1.807, 2.05) is 55.1 Å². The Balaban J connectivity index is 1.63. The largest absolute Gasteiger partial charge is 0.345 e. The molecule has 112 valence electrons. The second kappa shape index (κ2) is 5.96. The van der Waals surface area contributed by atoms with E-state index < -0.39 is 0 Å². The molecule has 5 heteroatoms. The number of fused-ring (bicyclic) bond motifs is 1. The molecule has 3 aromatic heterocycles. The molecule has 4 heterocycles. The summed E-state index contributed by atoms with van der Waals surface area (Å²) >= 11 is 0. The van der Waals surface area contributed by atoms with E-state index in [1.54, 1.807) is 12.4 Å². The highest BCUT2D eigenvalue weighted by Gasteiger charge is 2.17. The Hall–Kier alpha value is -3.08. The molecule has 0 amide bonds. The number of hydrogen-bond donors (Lipinski definition) is 1. The lowest BCUT2D eigenvalue weighted by atomic mass is 10.0. The van der Waals surface area contributed by atoms with Gasteiger partial charge in [0.05, 0.1) is 0 Å². The number of pyridine rings is 3. The molecule has 3 aromatic rings. The topological polar surface area (TPSA) is 63.1 Å². The molecule has 0 aromatic carbocycles. The number of hydrogen-bond acceptors (Lipinski definition) is 5. The molecule has 0 saturated heterocycles. The van der Waals surface area contributed by atoms with Crippen molar-refractivity contribution in [3.63, 3.8) is 0 Å². The van der Waals surface area contributed by atoms with Gasteiger partial charge in [-0.2, -0.15) is 0 Å². The van der Waals surface area contributed by atoms with Crippen molar-refractivity contribution in [2.45, 2.75) is 12.6 Å². The number of anilines is 1. The predicted molar refractivity (Wildman–Crippen MR) is 90.3 cm³/mol. The van der Waals surface area contributed by atoms with Gasteiger partial charge in [0.1, 0.15) is 12.0 Å². The Morgan fingerprint density at radius 1 is 0.957 bits per heavy atom. The second-order valence-electron chi connectivity index (χ2n) is 5.33. The van der Waals surface area contributed by atoms with Crippen LogP contribution in [0.1, 0.15) is 17.3 Å². The summed E-state index contributed by atoms with van der Waals surface area (Å²) in [4.78, 5) is 17.3. The summed E-state index contributed by atoms with van der Waals surface area (Å²) in [7, 11) is 0. The van der Waals surface area contributed by atoms with Crippen LogP contribution in [-0.4, -0.2) is 21.2 Å². The maximum atomic E-state index is 4.54. The first kappa shape index (κ1) is 13.6. The van der Waals surface area contributed by atoms with E-state index in [2.05, 4.69) is 25.3 Å². The number of aliphatic imine (C=N–C) groups is 1. The minimum atomic E-state index is -0.149. The van der Waals surface area contributed by atoms with Gasteiger partial charge >= 0.3 is 0 Å². The van der Waals surface area contributed by atoms with E-state index in [1.165, 1.54) is 5.56 Å². The van der Waals surface area contributed by atoms with Gasteiger partial charge in [0, 0.05) is 54.7 Å². The highest BCUT2D eigenvalue weighted by Crippen LogP contribution is 2.27. The second-order valence-corrected chi connectivity index (χ2v) is 5.33. The van der Waals surface area contributed by atoms with E-state index in [0.717, 1.165) is 28.9 Å². The number of rotatable bonds is 3. The van der Waals surface area contributed by atoms with Crippen LogP contribution >= 0.6 is 0 Å². The van der Waals surface area contributed by atoms with Gasteiger partial charge in [-0.25, -0.2) is 4.98 Å². The third kappa shape index (κ3) is 2.81. The summed E-state index contributed by atoms with van der Waals surface area (Å²) in [5.41, 5.74) is 4.48. The summed E-state index contributed by atoms with van der Waals surface area (Å²) in [6, 6.07) is 9.98. The van der Waals surface area contributed by atoms with Gasteiger partial charge in [-0.1, -0.05) is 6.07 Å². The normalized spacial score (nSPS) is 15.9. The Morgan fingerprint density at radius 3 is 2.83 bits per heavy atom. The lowest BCUT2D eigenvalue weighted by Gasteiger charge is -2.21. The van der Waals surface area contributed by atoms with E-state index in [-0.39, 0.29) is 6.17 Å². The Morgan fingerprint density at radius 2 is 1.91 bits per heavy atom. The molecule has 1 unspecified atom stereocenters. The average molecular weight is 301 g/mol. The van der Waals surface area contributed by atoms with Crippen LogP contribution < -0.4 is 5.32 Å². The van der Waals surface area contributed by atoms with Gasteiger partial charge in [-0.3, -0.25) is 15.0 Å². The average Bonchev–Trinajstić information content (AvgIpc) is 2.63. The fourth-order valence-corrected chi connectivity index (χ4v) is 2.68. The minimum absolute atomic E-state index is 0.149. The van der Waals surface area contributed by atoms with Crippen molar-refractivity contribution in [1.82, 2.24) is 15.0 Å². The lowest BCUT2D eigenvalue weighted by molar-refractivity contribution is 0.798.